The van der Waals surface area contributed by atoms with Gasteiger partial charge in [-0.3, -0.25) is 4.99 Å². The predicted octanol–water partition coefficient (Wildman–Crippen LogP) is 2.40. The lowest BCUT2D eigenvalue weighted by atomic mass is 10.2. The second-order valence-corrected chi connectivity index (χ2v) is 6.66. The largest absolute Gasteiger partial charge is 0.355 e. The third-order valence-electron chi connectivity index (χ3n) is 3.84. The number of aliphatic imine (C=N–C) groups is 1. The highest BCUT2D eigenvalue weighted by Crippen LogP contribution is 2.25. The molecule has 2 unspecified atom stereocenters. The van der Waals surface area contributed by atoms with Crippen LogP contribution in [-0.4, -0.2) is 61.6 Å². The highest BCUT2D eigenvalue weighted by Gasteiger charge is 2.15. The molecule has 0 spiro atoms. The molecule has 0 aliphatic carbocycles. The summed E-state index contributed by atoms with van der Waals surface area (Å²) in [5, 5.41) is 7.58. The van der Waals surface area contributed by atoms with E-state index >= 15 is 0 Å². The summed E-state index contributed by atoms with van der Waals surface area (Å²) >= 11 is 2.08. The van der Waals surface area contributed by atoms with Crippen LogP contribution in [0.1, 0.15) is 33.1 Å². The van der Waals surface area contributed by atoms with E-state index in [2.05, 4.69) is 53.2 Å². The monoisotopic (exact) mass is 414 g/mol. The number of rotatable bonds is 7. The molecule has 0 radical (unpaired) electrons. The Morgan fingerprint density at radius 1 is 1.45 bits per heavy atom. The van der Waals surface area contributed by atoms with E-state index in [1.165, 1.54) is 25.0 Å². The van der Waals surface area contributed by atoms with Crippen molar-refractivity contribution in [1.82, 2.24) is 15.5 Å². The van der Waals surface area contributed by atoms with Gasteiger partial charge in [0.05, 0.1) is 0 Å². The van der Waals surface area contributed by atoms with Gasteiger partial charge in [0.2, 0.25) is 0 Å². The lowest BCUT2D eigenvalue weighted by Gasteiger charge is -2.24. The average Bonchev–Trinajstić information content (AvgIpc) is 2.94. The molecule has 0 saturated carbocycles. The zero-order valence-electron chi connectivity index (χ0n) is 13.3. The van der Waals surface area contributed by atoms with Gasteiger partial charge in [-0.05, 0) is 39.0 Å². The van der Waals surface area contributed by atoms with Gasteiger partial charge in [0.15, 0.2) is 5.96 Å². The Morgan fingerprint density at radius 3 is 2.75 bits per heavy atom. The van der Waals surface area contributed by atoms with Crippen LogP contribution < -0.4 is 10.6 Å². The summed E-state index contributed by atoms with van der Waals surface area (Å²) in [4.78, 5) is 6.66. The predicted molar refractivity (Wildman–Crippen MR) is 103 cm³/mol. The molecule has 0 aromatic rings. The Bertz CT molecular complexity index is 270. The van der Waals surface area contributed by atoms with E-state index in [9.17, 15) is 0 Å². The molecule has 0 aromatic heterocycles. The minimum Gasteiger partial charge on any atom is -0.355 e. The Kier molecular flexibility index (Phi) is 12.1. The Balaban J connectivity index is 0.00000361. The molecule has 2 atom stereocenters. The van der Waals surface area contributed by atoms with Crippen LogP contribution in [0, 0.1) is 0 Å². The minimum atomic E-state index is 0. The molecule has 1 fully saturated rings. The van der Waals surface area contributed by atoms with Gasteiger partial charge in [-0.15, -0.1) is 24.0 Å². The lowest BCUT2D eigenvalue weighted by Crippen LogP contribution is -2.43. The summed E-state index contributed by atoms with van der Waals surface area (Å²) in [6.07, 6.45) is 3.90. The highest BCUT2D eigenvalue weighted by atomic mass is 127. The van der Waals surface area contributed by atoms with E-state index in [1.54, 1.807) is 0 Å². The smallest absolute Gasteiger partial charge is 0.191 e. The van der Waals surface area contributed by atoms with Gasteiger partial charge in [0.1, 0.15) is 0 Å². The van der Waals surface area contributed by atoms with E-state index in [1.807, 2.05) is 7.05 Å². The molecule has 1 rings (SSSR count). The summed E-state index contributed by atoms with van der Waals surface area (Å²) in [5.74, 6) is 2.25. The van der Waals surface area contributed by atoms with Crippen LogP contribution in [0.4, 0.5) is 0 Å². The normalized spacial score (nSPS) is 20.6. The molecule has 4 nitrogen and oxygen atoms in total. The maximum Gasteiger partial charge on any atom is 0.191 e. The number of guanidine groups is 1. The third kappa shape index (κ3) is 7.93. The van der Waals surface area contributed by atoms with Crippen LogP contribution in [0.2, 0.25) is 0 Å². The molecular weight excluding hydrogens is 383 g/mol. The molecule has 1 heterocycles. The van der Waals surface area contributed by atoms with Gasteiger partial charge < -0.3 is 15.5 Å². The Hall–Kier alpha value is 0.310. The first-order valence-corrected chi connectivity index (χ1v) is 8.48. The first-order chi connectivity index (χ1) is 9.17. The fourth-order valence-electron chi connectivity index (χ4n) is 2.12. The van der Waals surface area contributed by atoms with Crippen molar-refractivity contribution in [2.75, 3.05) is 39.5 Å². The van der Waals surface area contributed by atoms with Gasteiger partial charge in [-0.25, -0.2) is 0 Å². The third-order valence-corrected chi connectivity index (χ3v) is 5.24. The first-order valence-electron chi connectivity index (χ1n) is 7.43. The number of likely N-dealkylation sites (N-methyl/N-ethyl adjacent to an activating group) is 1. The molecule has 1 aliphatic heterocycles. The van der Waals surface area contributed by atoms with E-state index in [-0.39, 0.29) is 24.0 Å². The molecule has 6 heteroatoms. The second-order valence-electron chi connectivity index (χ2n) is 5.25. The molecule has 0 aromatic carbocycles. The van der Waals surface area contributed by atoms with Crippen LogP contribution in [0.25, 0.3) is 0 Å². The van der Waals surface area contributed by atoms with Crippen LogP contribution in [0.15, 0.2) is 4.99 Å². The van der Waals surface area contributed by atoms with Crippen molar-refractivity contribution < 1.29 is 0 Å². The maximum absolute atomic E-state index is 4.28. The summed E-state index contributed by atoms with van der Waals surface area (Å²) in [5.41, 5.74) is 0. The van der Waals surface area contributed by atoms with Crippen molar-refractivity contribution in [3.8, 4) is 0 Å². The minimum absolute atomic E-state index is 0. The number of thioether (sulfide) groups is 1. The highest BCUT2D eigenvalue weighted by molar-refractivity contribution is 14.0. The van der Waals surface area contributed by atoms with Crippen molar-refractivity contribution >= 4 is 41.7 Å². The van der Waals surface area contributed by atoms with Gasteiger partial charge in [-0.1, -0.05) is 6.92 Å². The molecule has 1 saturated heterocycles. The van der Waals surface area contributed by atoms with Crippen molar-refractivity contribution in [1.29, 1.82) is 0 Å². The number of halogens is 1. The van der Waals surface area contributed by atoms with E-state index in [4.69, 9.17) is 0 Å². The van der Waals surface area contributed by atoms with Gasteiger partial charge in [0, 0.05) is 38.0 Å². The van der Waals surface area contributed by atoms with E-state index in [0.717, 1.165) is 30.8 Å². The maximum atomic E-state index is 4.28. The molecule has 2 N–H and O–H groups in total. The summed E-state index contributed by atoms with van der Waals surface area (Å²) in [7, 11) is 4.02. The lowest BCUT2D eigenvalue weighted by molar-refractivity contribution is 0.255. The molecule has 1 aliphatic rings. The van der Waals surface area contributed by atoms with Gasteiger partial charge >= 0.3 is 0 Å². The second kappa shape index (κ2) is 11.9. The van der Waals surface area contributed by atoms with Crippen LogP contribution >= 0.6 is 35.7 Å². The zero-order chi connectivity index (χ0) is 14.1. The molecule has 120 valence electrons. The SMILES string of the molecule is CCC(C)N(C)CCNC(=NC)NCC1CCCS1.I. The Morgan fingerprint density at radius 2 is 2.20 bits per heavy atom. The fraction of sp³-hybridized carbons (Fsp3) is 0.929. The van der Waals surface area contributed by atoms with Crippen molar-refractivity contribution in [2.24, 2.45) is 4.99 Å². The van der Waals surface area contributed by atoms with Crippen LogP contribution in [0.3, 0.4) is 0 Å². The molecular formula is C14H31IN4S. The summed E-state index contributed by atoms with van der Waals surface area (Å²) in [6, 6.07) is 0.645. The van der Waals surface area contributed by atoms with Crippen molar-refractivity contribution in [2.45, 2.75) is 44.4 Å². The summed E-state index contributed by atoms with van der Waals surface area (Å²) in [6.45, 7) is 7.52. The number of nitrogens with one attached hydrogen (secondary N) is 2. The summed E-state index contributed by atoms with van der Waals surface area (Å²) < 4.78 is 0. The van der Waals surface area contributed by atoms with E-state index in [0.29, 0.717) is 6.04 Å². The van der Waals surface area contributed by atoms with Crippen molar-refractivity contribution in [3.63, 3.8) is 0 Å². The average molecular weight is 414 g/mol. The number of hydrogen-bond acceptors (Lipinski definition) is 3. The molecule has 0 bridgehead atoms. The standard InChI is InChI=1S/C14H30N4S.HI/c1-5-12(2)18(4)9-8-16-14(15-3)17-11-13-7-6-10-19-13;/h12-13H,5-11H2,1-4H3,(H2,15,16,17);1H. The zero-order valence-corrected chi connectivity index (χ0v) is 16.5. The van der Waals surface area contributed by atoms with E-state index < -0.39 is 0 Å². The topological polar surface area (TPSA) is 39.7 Å². The van der Waals surface area contributed by atoms with Crippen molar-refractivity contribution in [3.05, 3.63) is 0 Å². The quantitative estimate of drug-likeness (QED) is 0.381. The number of nitrogens with zero attached hydrogens (tertiary/aromatic N) is 2. The van der Waals surface area contributed by atoms with Gasteiger partial charge in [0.25, 0.3) is 0 Å². The molecule has 20 heavy (non-hydrogen) atoms. The first kappa shape index (κ1) is 20.3. The van der Waals surface area contributed by atoms with Crippen LogP contribution in [-0.2, 0) is 0 Å². The van der Waals surface area contributed by atoms with Gasteiger partial charge in [-0.2, -0.15) is 11.8 Å². The molecule has 0 amide bonds. The van der Waals surface area contributed by atoms with Crippen LogP contribution in [0.5, 0.6) is 0 Å². The Labute approximate surface area is 145 Å². The fourth-order valence-corrected chi connectivity index (χ4v) is 3.32. The number of hydrogen-bond donors (Lipinski definition) is 2.